The van der Waals surface area contributed by atoms with Crippen LogP contribution < -0.4 is 0 Å². The number of thiophene rings is 1. The number of carbonyl (C=O) groups is 1. The second-order valence-electron chi connectivity index (χ2n) is 3.94. The molecule has 96 valence electrons. The fraction of sp³-hybridized carbons (Fsp3) is 0.385. The Balaban J connectivity index is 2.12. The molecule has 2 heterocycles. The summed E-state index contributed by atoms with van der Waals surface area (Å²) in [7, 11) is 0. The quantitative estimate of drug-likeness (QED) is 0.611. The van der Waals surface area contributed by atoms with Crippen molar-refractivity contribution < 1.29 is 9.53 Å². The zero-order chi connectivity index (χ0) is 13.0. The van der Waals surface area contributed by atoms with Gasteiger partial charge in [0.2, 0.25) is 0 Å². The first kappa shape index (κ1) is 13.2. The summed E-state index contributed by atoms with van der Waals surface area (Å²) in [6.07, 6.45) is 1.93. The topological polar surface area (TPSA) is 39.2 Å². The molecule has 0 fully saturated rings. The molecule has 0 amide bonds. The van der Waals surface area contributed by atoms with E-state index in [1.807, 2.05) is 23.8 Å². The molecule has 0 saturated heterocycles. The highest BCUT2D eigenvalue weighted by Gasteiger charge is 2.17. The average Bonchev–Trinajstić information content (AvgIpc) is 2.97. The predicted octanol–water partition coefficient (Wildman–Crippen LogP) is 4.14. The van der Waals surface area contributed by atoms with Gasteiger partial charge in [-0.1, -0.05) is 13.3 Å². The molecule has 0 aliphatic heterocycles. The van der Waals surface area contributed by atoms with Crippen molar-refractivity contribution in [2.24, 2.45) is 0 Å². The van der Waals surface area contributed by atoms with E-state index < -0.39 is 0 Å². The summed E-state index contributed by atoms with van der Waals surface area (Å²) in [5.74, 6) is -0.250. The number of thiazole rings is 1. The summed E-state index contributed by atoms with van der Waals surface area (Å²) in [4.78, 5) is 16.9. The van der Waals surface area contributed by atoms with Gasteiger partial charge in [0.15, 0.2) is 0 Å². The molecule has 2 rings (SSSR count). The number of aryl methyl sites for hydroxylation is 1. The Morgan fingerprint density at radius 2 is 2.33 bits per heavy atom. The van der Waals surface area contributed by atoms with E-state index in [-0.39, 0.29) is 5.97 Å². The molecular formula is C13H15NO2S2. The number of rotatable bonds is 5. The Kier molecular flexibility index (Phi) is 4.49. The zero-order valence-electron chi connectivity index (χ0n) is 10.4. The predicted molar refractivity (Wildman–Crippen MR) is 75.4 cm³/mol. The van der Waals surface area contributed by atoms with Crippen LogP contribution in [0.25, 0.3) is 10.6 Å². The maximum Gasteiger partial charge on any atom is 0.350 e. The van der Waals surface area contributed by atoms with Gasteiger partial charge in [0.05, 0.1) is 12.3 Å². The van der Waals surface area contributed by atoms with Gasteiger partial charge in [0.25, 0.3) is 0 Å². The SMILES string of the molecule is CCCCOC(=O)c1sc(-c2ccsc2)nc1C. The largest absolute Gasteiger partial charge is 0.461 e. The molecule has 0 aliphatic carbocycles. The molecule has 0 bridgehead atoms. The van der Waals surface area contributed by atoms with Crippen LogP contribution in [0.1, 0.15) is 35.1 Å². The van der Waals surface area contributed by atoms with Gasteiger partial charge in [-0.2, -0.15) is 11.3 Å². The van der Waals surface area contributed by atoms with Gasteiger partial charge < -0.3 is 4.74 Å². The van der Waals surface area contributed by atoms with Crippen molar-refractivity contribution >= 4 is 28.6 Å². The second-order valence-corrected chi connectivity index (χ2v) is 5.71. The number of unbranched alkanes of at least 4 members (excludes halogenated alkanes) is 1. The molecule has 0 saturated carbocycles. The lowest BCUT2D eigenvalue weighted by molar-refractivity contribution is 0.0504. The number of ether oxygens (including phenoxy) is 1. The standard InChI is InChI=1S/C13H15NO2S2/c1-3-4-6-16-13(15)11-9(2)14-12(18-11)10-5-7-17-8-10/h5,7-8H,3-4,6H2,1-2H3. The summed E-state index contributed by atoms with van der Waals surface area (Å²) < 4.78 is 5.21. The van der Waals surface area contributed by atoms with Crippen LogP contribution in [-0.4, -0.2) is 17.6 Å². The van der Waals surface area contributed by atoms with Gasteiger partial charge >= 0.3 is 5.97 Å². The molecule has 0 aliphatic rings. The monoisotopic (exact) mass is 281 g/mol. The highest BCUT2D eigenvalue weighted by Crippen LogP contribution is 2.29. The number of hydrogen-bond acceptors (Lipinski definition) is 5. The fourth-order valence-electron chi connectivity index (χ4n) is 1.47. The third kappa shape index (κ3) is 2.97. The van der Waals surface area contributed by atoms with Crippen LogP contribution >= 0.6 is 22.7 Å². The van der Waals surface area contributed by atoms with E-state index in [2.05, 4.69) is 11.9 Å². The number of nitrogens with zero attached hydrogens (tertiary/aromatic N) is 1. The maximum absolute atomic E-state index is 11.9. The number of aromatic nitrogens is 1. The molecule has 0 unspecified atom stereocenters. The van der Waals surface area contributed by atoms with E-state index in [0.717, 1.165) is 29.1 Å². The molecule has 2 aromatic heterocycles. The van der Waals surface area contributed by atoms with Crippen LogP contribution in [0.5, 0.6) is 0 Å². The molecular weight excluding hydrogens is 266 g/mol. The van der Waals surface area contributed by atoms with Gasteiger partial charge in [-0.3, -0.25) is 0 Å². The minimum atomic E-state index is -0.250. The summed E-state index contributed by atoms with van der Waals surface area (Å²) in [6, 6.07) is 2.01. The van der Waals surface area contributed by atoms with E-state index in [1.165, 1.54) is 11.3 Å². The van der Waals surface area contributed by atoms with Crippen LogP contribution in [0.4, 0.5) is 0 Å². The average molecular weight is 281 g/mol. The van der Waals surface area contributed by atoms with Crippen LogP contribution in [0.15, 0.2) is 16.8 Å². The normalized spacial score (nSPS) is 10.6. The van der Waals surface area contributed by atoms with Gasteiger partial charge in [-0.25, -0.2) is 9.78 Å². The van der Waals surface area contributed by atoms with Gasteiger partial charge in [-0.15, -0.1) is 11.3 Å². The highest BCUT2D eigenvalue weighted by molar-refractivity contribution is 7.17. The van der Waals surface area contributed by atoms with Gasteiger partial charge in [0.1, 0.15) is 9.88 Å². The lowest BCUT2D eigenvalue weighted by atomic mass is 10.3. The van der Waals surface area contributed by atoms with Gasteiger partial charge in [0, 0.05) is 10.9 Å². The number of hydrogen-bond donors (Lipinski definition) is 0. The third-order valence-electron chi connectivity index (χ3n) is 2.48. The van der Waals surface area contributed by atoms with Crippen molar-refractivity contribution in [3.05, 3.63) is 27.4 Å². The van der Waals surface area contributed by atoms with E-state index >= 15 is 0 Å². The zero-order valence-corrected chi connectivity index (χ0v) is 12.1. The van der Waals surface area contributed by atoms with Crippen molar-refractivity contribution in [2.75, 3.05) is 6.61 Å². The van der Waals surface area contributed by atoms with Crippen LogP contribution in [0.2, 0.25) is 0 Å². The van der Waals surface area contributed by atoms with E-state index in [1.54, 1.807) is 11.3 Å². The van der Waals surface area contributed by atoms with Crippen molar-refractivity contribution in [3.63, 3.8) is 0 Å². The first-order valence-electron chi connectivity index (χ1n) is 5.89. The molecule has 0 aromatic carbocycles. The van der Waals surface area contributed by atoms with Crippen LogP contribution in [0, 0.1) is 6.92 Å². The Morgan fingerprint density at radius 3 is 3.00 bits per heavy atom. The minimum absolute atomic E-state index is 0.250. The molecule has 0 spiro atoms. The lowest BCUT2D eigenvalue weighted by Gasteiger charge is -2.01. The Labute approximate surface area is 114 Å². The molecule has 18 heavy (non-hydrogen) atoms. The van der Waals surface area contributed by atoms with E-state index in [0.29, 0.717) is 11.5 Å². The lowest BCUT2D eigenvalue weighted by Crippen LogP contribution is -2.05. The van der Waals surface area contributed by atoms with Crippen LogP contribution in [-0.2, 0) is 4.74 Å². The maximum atomic E-state index is 11.9. The Morgan fingerprint density at radius 1 is 1.50 bits per heavy atom. The molecule has 2 aromatic rings. The molecule has 3 nitrogen and oxygen atoms in total. The third-order valence-corrected chi connectivity index (χ3v) is 4.35. The second kappa shape index (κ2) is 6.11. The summed E-state index contributed by atoms with van der Waals surface area (Å²) >= 11 is 3.03. The Bertz CT molecular complexity index is 517. The highest BCUT2D eigenvalue weighted by atomic mass is 32.1. The van der Waals surface area contributed by atoms with Crippen LogP contribution in [0.3, 0.4) is 0 Å². The summed E-state index contributed by atoms with van der Waals surface area (Å²) in [5, 5.41) is 4.92. The number of carbonyl (C=O) groups excluding carboxylic acids is 1. The van der Waals surface area contributed by atoms with Crippen molar-refractivity contribution in [1.82, 2.24) is 4.98 Å². The van der Waals surface area contributed by atoms with E-state index in [4.69, 9.17) is 4.74 Å². The Hall–Kier alpha value is -1.20. The van der Waals surface area contributed by atoms with Crippen molar-refractivity contribution in [3.8, 4) is 10.6 Å². The minimum Gasteiger partial charge on any atom is -0.461 e. The summed E-state index contributed by atoms with van der Waals surface area (Å²) in [5.41, 5.74) is 1.82. The van der Waals surface area contributed by atoms with Gasteiger partial charge in [-0.05, 0) is 24.8 Å². The molecule has 0 radical (unpaired) electrons. The first-order chi connectivity index (χ1) is 8.72. The first-order valence-corrected chi connectivity index (χ1v) is 7.65. The van der Waals surface area contributed by atoms with Crippen molar-refractivity contribution in [1.29, 1.82) is 0 Å². The molecule has 0 atom stereocenters. The smallest absolute Gasteiger partial charge is 0.350 e. The molecule has 0 N–H and O–H groups in total. The number of esters is 1. The van der Waals surface area contributed by atoms with E-state index in [9.17, 15) is 4.79 Å². The fourth-order valence-corrected chi connectivity index (χ4v) is 3.14. The molecule has 5 heteroatoms. The summed E-state index contributed by atoms with van der Waals surface area (Å²) in [6.45, 7) is 4.41. The van der Waals surface area contributed by atoms with Crippen molar-refractivity contribution in [2.45, 2.75) is 26.7 Å².